The summed E-state index contributed by atoms with van der Waals surface area (Å²) in [6.45, 7) is 2.25. The number of aromatic carboxylic acids is 1. The van der Waals surface area contributed by atoms with Gasteiger partial charge in [-0.05, 0) is 25.8 Å². The monoisotopic (exact) mass is 320 g/mol. The SMILES string of the molecule is Cc1oc(CNC(=O)c2ncoc2[C@@H]2CCCO2)cc1C(=O)O. The zero-order valence-corrected chi connectivity index (χ0v) is 12.5. The van der Waals surface area contributed by atoms with Gasteiger partial charge in [-0.25, -0.2) is 9.78 Å². The maximum atomic E-state index is 12.2. The van der Waals surface area contributed by atoms with Gasteiger partial charge in [0.25, 0.3) is 5.91 Å². The summed E-state index contributed by atoms with van der Waals surface area (Å²) in [7, 11) is 0. The molecule has 1 fully saturated rings. The Hall–Kier alpha value is -2.61. The smallest absolute Gasteiger partial charge is 0.339 e. The summed E-state index contributed by atoms with van der Waals surface area (Å²) in [5, 5.41) is 11.6. The number of ether oxygens (including phenoxy) is 1. The van der Waals surface area contributed by atoms with Gasteiger partial charge >= 0.3 is 5.97 Å². The van der Waals surface area contributed by atoms with E-state index in [0.717, 1.165) is 12.8 Å². The average Bonchev–Trinajstić information content (AvgIpc) is 3.24. The van der Waals surface area contributed by atoms with Crippen molar-refractivity contribution in [2.45, 2.75) is 32.4 Å². The van der Waals surface area contributed by atoms with Gasteiger partial charge in [0.1, 0.15) is 23.2 Å². The topological polar surface area (TPSA) is 115 Å². The maximum Gasteiger partial charge on any atom is 0.339 e. The maximum absolute atomic E-state index is 12.2. The third-order valence-corrected chi connectivity index (χ3v) is 3.65. The van der Waals surface area contributed by atoms with Crippen molar-refractivity contribution in [1.82, 2.24) is 10.3 Å². The summed E-state index contributed by atoms with van der Waals surface area (Å²) in [6.07, 6.45) is 2.67. The van der Waals surface area contributed by atoms with E-state index in [2.05, 4.69) is 10.3 Å². The van der Waals surface area contributed by atoms with E-state index in [1.165, 1.54) is 12.5 Å². The minimum atomic E-state index is -1.07. The van der Waals surface area contributed by atoms with Gasteiger partial charge < -0.3 is 24.0 Å². The summed E-state index contributed by atoms with van der Waals surface area (Å²) < 4.78 is 16.1. The predicted molar refractivity (Wildman–Crippen MR) is 76.0 cm³/mol. The van der Waals surface area contributed by atoms with Crippen molar-refractivity contribution in [2.24, 2.45) is 0 Å². The van der Waals surface area contributed by atoms with Gasteiger partial charge in [0.15, 0.2) is 17.8 Å². The molecule has 8 heteroatoms. The highest BCUT2D eigenvalue weighted by atomic mass is 16.5. The number of furan rings is 1. The molecule has 2 aromatic rings. The van der Waals surface area contributed by atoms with Crippen molar-refractivity contribution in [3.63, 3.8) is 0 Å². The van der Waals surface area contributed by atoms with Crippen LogP contribution in [0, 0.1) is 6.92 Å². The highest BCUT2D eigenvalue weighted by Gasteiger charge is 2.28. The predicted octanol–water partition coefficient (Wildman–Crippen LogP) is 2.06. The number of carbonyl (C=O) groups excluding carboxylic acids is 1. The molecular formula is C15H16N2O6. The Morgan fingerprint density at radius 1 is 1.48 bits per heavy atom. The Morgan fingerprint density at radius 2 is 2.30 bits per heavy atom. The highest BCUT2D eigenvalue weighted by Crippen LogP contribution is 2.30. The van der Waals surface area contributed by atoms with E-state index in [1.54, 1.807) is 6.92 Å². The second-order valence-electron chi connectivity index (χ2n) is 5.24. The fourth-order valence-electron chi connectivity index (χ4n) is 2.53. The molecule has 0 aromatic carbocycles. The van der Waals surface area contributed by atoms with Gasteiger partial charge in [-0.2, -0.15) is 0 Å². The van der Waals surface area contributed by atoms with Crippen LogP contribution in [0.15, 0.2) is 21.3 Å². The second kappa shape index (κ2) is 6.25. The molecule has 1 amide bonds. The summed E-state index contributed by atoms with van der Waals surface area (Å²) in [5.41, 5.74) is 0.259. The largest absolute Gasteiger partial charge is 0.478 e. The Kier molecular flexibility index (Phi) is 4.16. The van der Waals surface area contributed by atoms with Crippen LogP contribution in [0.5, 0.6) is 0 Å². The molecule has 2 aromatic heterocycles. The fraction of sp³-hybridized carbons (Fsp3) is 0.400. The minimum absolute atomic E-state index is 0.0603. The number of carbonyl (C=O) groups is 2. The zero-order valence-electron chi connectivity index (χ0n) is 12.5. The first kappa shape index (κ1) is 15.3. The van der Waals surface area contributed by atoms with E-state index in [-0.39, 0.29) is 23.9 Å². The number of amides is 1. The molecule has 1 atom stereocenters. The Labute approximate surface area is 131 Å². The molecule has 2 N–H and O–H groups in total. The number of oxazole rings is 1. The molecule has 23 heavy (non-hydrogen) atoms. The van der Waals surface area contributed by atoms with Crippen molar-refractivity contribution in [2.75, 3.05) is 6.61 Å². The molecule has 8 nitrogen and oxygen atoms in total. The van der Waals surface area contributed by atoms with E-state index in [0.29, 0.717) is 23.9 Å². The molecule has 0 saturated carbocycles. The molecule has 1 saturated heterocycles. The number of carboxylic acids is 1. The van der Waals surface area contributed by atoms with Crippen LogP contribution in [0.25, 0.3) is 0 Å². The van der Waals surface area contributed by atoms with Crippen molar-refractivity contribution in [1.29, 1.82) is 0 Å². The van der Waals surface area contributed by atoms with Gasteiger partial charge in [-0.15, -0.1) is 0 Å². The second-order valence-corrected chi connectivity index (χ2v) is 5.24. The molecule has 0 aliphatic carbocycles. The standard InChI is InChI=1S/C15H16N2O6/c1-8-10(15(19)20)5-9(23-8)6-16-14(18)12-13(22-7-17-12)11-3-2-4-21-11/h5,7,11H,2-4,6H2,1H3,(H,16,18)(H,19,20)/t11-/m0/s1. The molecule has 122 valence electrons. The van der Waals surface area contributed by atoms with Gasteiger partial charge in [0, 0.05) is 6.61 Å². The summed E-state index contributed by atoms with van der Waals surface area (Å²) in [4.78, 5) is 27.1. The summed E-state index contributed by atoms with van der Waals surface area (Å²) in [6, 6.07) is 1.39. The van der Waals surface area contributed by atoms with Gasteiger partial charge in [0.2, 0.25) is 0 Å². The molecule has 3 heterocycles. The van der Waals surface area contributed by atoms with Crippen molar-refractivity contribution >= 4 is 11.9 Å². The Morgan fingerprint density at radius 3 is 2.96 bits per heavy atom. The van der Waals surface area contributed by atoms with E-state index in [1.807, 2.05) is 0 Å². The summed E-state index contributed by atoms with van der Waals surface area (Å²) >= 11 is 0. The molecular weight excluding hydrogens is 304 g/mol. The first-order valence-electron chi connectivity index (χ1n) is 7.22. The van der Waals surface area contributed by atoms with Crippen LogP contribution in [0.3, 0.4) is 0 Å². The summed E-state index contributed by atoms with van der Waals surface area (Å²) in [5.74, 6) is -0.420. The van der Waals surface area contributed by atoms with Crippen molar-refractivity contribution in [3.05, 3.63) is 41.0 Å². The average molecular weight is 320 g/mol. The van der Waals surface area contributed by atoms with Crippen LogP contribution in [-0.2, 0) is 11.3 Å². The Bertz CT molecular complexity index is 726. The number of hydrogen-bond donors (Lipinski definition) is 2. The molecule has 3 rings (SSSR count). The minimum Gasteiger partial charge on any atom is -0.478 e. The number of aromatic nitrogens is 1. The molecule has 0 bridgehead atoms. The van der Waals surface area contributed by atoms with Gasteiger partial charge in [-0.3, -0.25) is 4.79 Å². The highest BCUT2D eigenvalue weighted by molar-refractivity contribution is 5.93. The normalized spacial score (nSPS) is 17.3. The first-order valence-corrected chi connectivity index (χ1v) is 7.22. The van der Waals surface area contributed by atoms with E-state index < -0.39 is 11.9 Å². The van der Waals surface area contributed by atoms with Gasteiger partial charge in [-0.1, -0.05) is 0 Å². The number of carboxylic acid groups (broad SMARTS) is 1. The molecule has 0 radical (unpaired) electrons. The van der Waals surface area contributed by atoms with Gasteiger partial charge in [0.05, 0.1) is 6.54 Å². The van der Waals surface area contributed by atoms with Crippen LogP contribution in [0.1, 0.15) is 57.1 Å². The zero-order chi connectivity index (χ0) is 16.4. The van der Waals surface area contributed by atoms with Crippen molar-refractivity contribution < 1.29 is 28.3 Å². The molecule has 1 aliphatic rings. The fourth-order valence-corrected chi connectivity index (χ4v) is 2.53. The number of hydrogen-bond acceptors (Lipinski definition) is 6. The quantitative estimate of drug-likeness (QED) is 0.866. The number of nitrogens with zero attached hydrogens (tertiary/aromatic N) is 1. The Balaban J connectivity index is 1.67. The molecule has 0 spiro atoms. The lowest BCUT2D eigenvalue weighted by Crippen LogP contribution is -2.24. The van der Waals surface area contributed by atoms with Crippen LogP contribution in [0.4, 0.5) is 0 Å². The lowest BCUT2D eigenvalue weighted by atomic mass is 10.1. The lowest BCUT2D eigenvalue weighted by Gasteiger charge is -2.07. The van der Waals surface area contributed by atoms with Crippen LogP contribution in [0.2, 0.25) is 0 Å². The van der Waals surface area contributed by atoms with Crippen LogP contribution in [-0.4, -0.2) is 28.6 Å². The van der Waals surface area contributed by atoms with Crippen LogP contribution < -0.4 is 5.32 Å². The number of rotatable bonds is 5. The van der Waals surface area contributed by atoms with E-state index in [9.17, 15) is 9.59 Å². The third-order valence-electron chi connectivity index (χ3n) is 3.65. The molecule has 1 aliphatic heterocycles. The number of aryl methyl sites for hydroxylation is 1. The van der Waals surface area contributed by atoms with Crippen LogP contribution >= 0.6 is 0 Å². The van der Waals surface area contributed by atoms with Crippen molar-refractivity contribution in [3.8, 4) is 0 Å². The van der Waals surface area contributed by atoms with E-state index in [4.69, 9.17) is 18.7 Å². The third kappa shape index (κ3) is 3.11. The first-order chi connectivity index (χ1) is 11.1. The number of nitrogens with one attached hydrogen (secondary N) is 1. The molecule has 0 unspecified atom stereocenters. The van der Waals surface area contributed by atoms with E-state index >= 15 is 0 Å². The lowest BCUT2D eigenvalue weighted by molar-refractivity contribution is 0.0694.